The van der Waals surface area contributed by atoms with Gasteiger partial charge in [-0.3, -0.25) is 4.79 Å². The number of carbonyl (C=O) groups excluding carboxylic acids is 1. The van der Waals surface area contributed by atoms with Crippen LogP contribution in [-0.4, -0.2) is 44.2 Å². The van der Waals surface area contributed by atoms with Crippen molar-refractivity contribution in [2.75, 3.05) is 33.4 Å². The molecule has 1 aliphatic rings. The number of ether oxygens (including phenoxy) is 2. The highest BCUT2D eigenvalue weighted by atomic mass is 16.5. The summed E-state index contributed by atoms with van der Waals surface area (Å²) >= 11 is 0. The number of benzene rings is 2. The van der Waals surface area contributed by atoms with E-state index in [1.165, 1.54) is 18.2 Å². The van der Waals surface area contributed by atoms with E-state index in [2.05, 4.69) is 53.4 Å². The molecule has 0 atom stereocenters. The number of rotatable bonds is 8. The molecule has 0 bridgehead atoms. The highest BCUT2D eigenvalue weighted by Gasteiger charge is 2.25. The van der Waals surface area contributed by atoms with Gasteiger partial charge in [-0.05, 0) is 55.6 Å². The maximum Gasteiger partial charge on any atom is 0.308 e. The van der Waals surface area contributed by atoms with E-state index < -0.39 is 0 Å². The minimum atomic E-state index is -0.0579. The summed E-state index contributed by atoms with van der Waals surface area (Å²) in [6, 6.07) is 18.8. The number of esters is 1. The molecule has 4 nitrogen and oxygen atoms in total. The van der Waals surface area contributed by atoms with Crippen molar-refractivity contribution < 1.29 is 14.3 Å². The largest absolute Gasteiger partial charge is 0.493 e. The summed E-state index contributed by atoms with van der Waals surface area (Å²) in [6.45, 7) is 3.67. The van der Waals surface area contributed by atoms with Crippen LogP contribution in [0.1, 0.15) is 24.0 Å². The minimum Gasteiger partial charge on any atom is -0.493 e. The van der Waals surface area contributed by atoms with Crippen LogP contribution in [0.5, 0.6) is 5.75 Å². The van der Waals surface area contributed by atoms with Gasteiger partial charge in [-0.15, -0.1) is 0 Å². The zero-order valence-electron chi connectivity index (χ0n) is 16.1. The quantitative estimate of drug-likeness (QED) is 0.667. The Morgan fingerprint density at radius 3 is 2.30 bits per heavy atom. The van der Waals surface area contributed by atoms with E-state index in [4.69, 9.17) is 9.47 Å². The Labute approximate surface area is 162 Å². The second kappa shape index (κ2) is 10.1. The Hall–Kier alpha value is -2.33. The molecule has 2 aromatic rings. The number of piperidine rings is 1. The van der Waals surface area contributed by atoms with E-state index in [-0.39, 0.29) is 11.9 Å². The molecule has 0 amide bonds. The Kier molecular flexibility index (Phi) is 7.28. The summed E-state index contributed by atoms with van der Waals surface area (Å²) in [6.07, 6.45) is 3.75. The van der Waals surface area contributed by atoms with E-state index in [1.807, 2.05) is 6.07 Å². The van der Waals surface area contributed by atoms with Gasteiger partial charge in [-0.25, -0.2) is 0 Å². The number of hydrogen-bond donors (Lipinski definition) is 0. The van der Waals surface area contributed by atoms with Gasteiger partial charge in [-0.2, -0.15) is 0 Å². The molecule has 27 heavy (non-hydrogen) atoms. The maximum absolute atomic E-state index is 11.6. The van der Waals surface area contributed by atoms with E-state index in [9.17, 15) is 4.79 Å². The predicted molar refractivity (Wildman–Crippen MR) is 107 cm³/mol. The van der Waals surface area contributed by atoms with Crippen molar-refractivity contribution in [3.8, 4) is 5.75 Å². The van der Waals surface area contributed by atoms with Crippen LogP contribution < -0.4 is 4.74 Å². The molecule has 1 saturated heterocycles. The predicted octanol–water partition coefficient (Wildman–Crippen LogP) is 3.74. The average molecular weight is 367 g/mol. The molecule has 4 heteroatoms. The SMILES string of the molecule is COC(=O)C1CCN(CCc2ccc(OCCc3ccccc3)cc2)CC1. The smallest absolute Gasteiger partial charge is 0.308 e. The van der Waals surface area contributed by atoms with Gasteiger partial charge in [0.25, 0.3) is 0 Å². The Morgan fingerprint density at radius 1 is 0.963 bits per heavy atom. The van der Waals surface area contributed by atoms with Crippen molar-refractivity contribution >= 4 is 5.97 Å². The van der Waals surface area contributed by atoms with Crippen molar-refractivity contribution in [2.45, 2.75) is 25.7 Å². The van der Waals surface area contributed by atoms with Crippen molar-refractivity contribution in [2.24, 2.45) is 5.92 Å². The van der Waals surface area contributed by atoms with Gasteiger partial charge in [0.1, 0.15) is 5.75 Å². The molecular weight excluding hydrogens is 338 g/mol. The lowest BCUT2D eigenvalue weighted by molar-refractivity contribution is -0.147. The molecule has 0 aliphatic carbocycles. The van der Waals surface area contributed by atoms with Crippen molar-refractivity contribution in [3.05, 3.63) is 65.7 Å². The van der Waals surface area contributed by atoms with Gasteiger partial charge >= 0.3 is 5.97 Å². The first-order chi connectivity index (χ1) is 13.2. The normalized spacial score (nSPS) is 15.4. The number of nitrogens with zero attached hydrogens (tertiary/aromatic N) is 1. The third-order valence-corrected chi connectivity index (χ3v) is 5.26. The van der Waals surface area contributed by atoms with Crippen LogP contribution >= 0.6 is 0 Å². The van der Waals surface area contributed by atoms with Crippen LogP contribution in [0.2, 0.25) is 0 Å². The van der Waals surface area contributed by atoms with Crippen LogP contribution in [-0.2, 0) is 22.4 Å². The summed E-state index contributed by atoms with van der Waals surface area (Å²) in [4.78, 5) is 14.0. The van der Waals surface area contributed by atoms with Crippen molar-refractivity contribution in [1.82, 2.24) is 4.90 Å². The summed E-state index contributed by atoms with van der Waals surface area (Å²) in [5.74, 6) is 0.949. The van der Waals surface area contributed by atoms with Gasteiger partial charge < -0.3 is 14.4 Å². The highest BCUT2D eigenvalue weighted by Crippen LogP contribution is 2.19. The van der Waals surface area contributed by atoms with E-state index in [1.54, 1.807) is 0 Å². The number of hydrogen-bond acceptors (Lipinski definition) is 4. The molecule has 1 aliphatic heterocycles. The van der Waals surface area contributed by atoms with Crippen molar-refractivity contribution in [3.63, 3.8) is 0 Å². The Balaban J connectivity index is 1.36. The molecule has 1 heterocycles. The van der Waals surface area contributed by atoms with Gasteiger partial charge in [0.2, 0.25) is 0 Å². The zero-order chi connectivity index (χ0) is 18.9. The fraction of sp³-hybridized carbons (Fsp3) is 0.435. The summed E-state index contributed by atoms with van der Waals surface area (Å²) in [7, 11) is 1.48. The van der Waals surface area contributed by atoms with E-state index >= 15 is 0 Å². The van der Waals surface area contributed by atoms with Crippen LogP contribution in [0.25, 0.3) is 0 Å². The third-order valence-electron chi connectivity index (χ3n) is 5.26. The van der Waals surface area contributed by atoms with Gasteiger partial charge in [0.05, 0.1) is 19.6 Å². The first-order valence-electron chi connectivity index (χ1n) is 9.80. The lowest BCUT2D eigenvalue weighted by atomic mass is 9.97. The molecule has 144 valence electrons. The molecule has 3 rings (SSSR count). The van der Waals surface area contributed by atoms with E-state index in [0.717, 1.165) is 51.1 Å². The molecule has 0 unspecified atom stereocenters. The number of likely N-dealkylation sites (tertiary alicyclic amines) is 1. The molecule has 0 spiro atoms. The fourth-order valence-electron chi connectivity index (χ4n) is 3.53. The molecule has 1 fully saturated rings. The highest BCUT2D eigenvalue weighted by molar-refractivity contribution is 5.72. The lowest BCUT2D eigenvalue weighted by Gasteiger charge is -2.30. The second-order valence-electron chi connectivity index (χ2n) is 7.12. The van der Waals surface area contributed by atoms with Gasteiger partial charge in [0.15, 0.2) is 0 Å². The Bertz CT molecular complexity index is 691. The molecule has 0 saturated carbocycles. The fourth-order valence-corrected chi connectivity index (χ4v) is 3.53. The van der Waals surface area contributed by atoms with Crippen LogP contribution in [0.4, 0.5) is 0 Å². The lowest BCUT2D eigenvalue weighted by Crippen LogP contribution is -2.37. The summed E-state index contributed by atoms with van der Waals surface area (Å²) in [5.41, 5.74) is 2.62. The number of methoxy groups -OCH3 is 1. The summed E-state index contributed by atoms with van der Waals surface area (Å²) < 4.78 is 10.7. The van der Waals surface area contributed by atoms with Crippen molar-refractivity contribution in [1.29, 1.82) is 0 Å². The summed E-state index contributed by atoms with van der Waals surface area (Å²) in [5, 5.41) is 0. The van der Waals surface area contributed by atoms with Gasteiger partial charge in [-0.1, -0.05) is 42.5 Å². The monoisotopic (exact) mass is 367 g/mol. The first-order valence-corrected chi connectivity index (χ1v) is 9.80. The Morgan fingerprint density at radius 2 is 1.63 bits per heavy atom. The first kappa shape index (κ1) is 19.4. The van der Waals surface area contributed by atoms with E-state index in [0.29, 0.717) is 6.61 Å². The van der Waals surface area contributed by atoms with Crippen LogP contribution in [0.15, 0.2) is 54.6 Å². The van der Waals surface area contributed by atoms with Crippen LogP contribution in [0, 0.1) is 5.92 Å². The molecule has 2 aromatic carbocycles. The standard InChI is InChI=1S/C23H29NO3/c1-26-23(25)21-12-16-24(17-13-21)15-11-20-7-9-22(10-8-20)27-18-14-19-5-3-2-4-6-19/h2-10,21H,11-18H2,1H3. The van der Waals surface area contributed by atoms with Crippen LogP contribution in [0.3, 0.4) is 0 Å². The molecular formula is C23H29NO3. The molecule has 0 aromatic heterocycles. The minimum absolute atomic E-state index is 0.0579. The second-order valence-corrected chi connectivity index (χ2v) is 7.12. The average Bonchev–Trinajstić information content (AvgIpc) is 2.74. The zero-order valence-corrected chi connectivity index (χ0v) is 16.1. The topological polar surface area (TPSA) is 38.8 Å². The van der Waals surface area contributed by atoms with Gasteiger partial charge in [0, 0.05) is 13.0 Å². The third kappa shape index (κ3) is 6.10. The molecule has 0 N–H and O–H groups in total. The number of carbonyl (C=O) groups is 1. The maximum atomic E-state index is 11.6. The molecule has 0 radical (unpaired) electrons.